The van der Waals surface area contributed by atoms with E-state index in [1.54, 1.807) is 0 Å². The molecule has 1 aliphatic rings. The van der Waals surface area contributed by atoms with Gasteiger partial charge in [0.1, 0.15) is 11.5 Å². The molecule has 0 amide bonds. The molecule has 2 aromatic rings. The number of ether oxygens (including phenoxy) is 2. The largest absolute Gasteiger partial charge is 0.457 e. The van der Waals surface area contributed by atoms with Gasteiger partial charge in [0, 0.05) is 0 Å². The molecular weight excluding hydrogens is 512 g/mol. The first kappa shape index (κ1) is 35.1. The predicted molar refractivity (Wildman–Crippen MR) is 161 cm³/mol. The third-order valence-electron chi connectivity index (χ3n) is 6.47. The van der Waals surface area contributed by atoms with Gasteiger partial charge in [0.15, 0.2) is 0 Å². The molecule has 222 valence electrons. The Morgan fingerprint density at radius 1 is 0.615 bits per heavy atom. The van der Waals surface area contributed by atoms with E-state index in [2.05, 4.69) is 67.1 Å². The van der Waals surface area contributed by atoms with Crippen molar-refractivity contribution in [3.05, 3.63) is 59.7 Å². The van der Waals surface area contributed by atoms with E-state index >= 15 is 0 Å². The predicted octanol–water partition coefficient (Wildman–Crippen LogP) is 9.43. The Kier molecular flexibility index (Phi) is 20.6. The van der Waals surface area contributed by atoms with Gasteiger partial charge in [0.25, 0.3) is 0 Å². The minimum atomic E-state index is -4.67. The standard InChI is InChI=1S/C30H46O.C2H4O.H2O4S/c1-3-5-7-9-11-13-15-21-27-23-17-19-25-29(27)31-30-26-20-18-24-28(30)22-16-14-12-10-8-6-4-2;1-2-3-1;1-5(2,3)4/h17-20,23-26H,3-16,21-22H2,1-2H3;1-2H2;(H2,1,2,3,4). The molecular formula is C32H52O6S. The van der Waals surface area contributed by atoms with Crippen molar-refractivity contribution in [3.8, 4) is 11.5 Å². The molecule has 39 heavy (non-hydrogen) atoms. The average Bonchev–Trinajstić information content (AvgIpc) is 3.78. The van der Waals surface area contributed by atoms with Crippen LogP contribution in [0, 0.1) is 0 Å². The summed E-state index contributed by atoms with van der Waals surface area (Å²) in [4.78, 5) is 0. The molecule has 2 aromatic carbocycles. The molecule has 1 heterocycles. The van der Waals surface area contributed by atoms with Gasteiger partial charge < -0.3 is 9.47 Å². The minimum absolute atomic E-state index is 1.00. The second-order valence-corrected chi connectivity index (χ2v) is 11.0. The molecule has 0 atom stereocenters. The fourth-order valence-electron chi connectivity index (χ4n) is 4.28. The SMILES string of the molecule is C1CO1.CCCCCCCCCc1ccccc1Oc1ccccc1CCCCCCCCC.O=S(=O)(O)O. The Labute approximate surface area is 238 Å². The lowest BCUT2D eigenvalue weighted by Gasteiger charge is -2.14. The summed E-state index contributed by atoms with van der Waals surface area (Å²) in [7, 11) is -4.67. The van der Waals surface area contributed by atoms with Crippen LogP contribution >= 0.6 is 0 Å². The Hall–Kier alpha value is -1.93. The van der Waals surface area contributed by atoms with Crippen LogP contribution in [-0.4, -0.2) is 30.7 Å². The summed E-state index contributed by atoms with van der Waals surface area (Å²) in [5.41, 5.74) is 2.70. The van der Waals surface area contributed by atoms with Crippen molar-refractivity contribution in [2.45, 2.75) is 117 Å². The van der Waals surface area contributed by atoms with Gasteiger partial charge in [-0.1, -0.05) is 127 Å². The van der Waals surface area contributed by atoms with Crippen LogP contribution in [-0.2, 0) is 28.0 Å². The first-order valence-corrected chi connectivity index (χ1v) is 16.4. The molecule has 1 saturated heterocycles. The second kappa shape index (κ2) is 22.8. The summed E-state index contributed by atoms with van der Waals surface area (Å²) < 4.78 is 42.5. The molecule has 7 heteroatoms. The summed E-state index contributed by atoms with van der Waals surface area (Å²) in [5, 5.41) is 0. The smallest absolute Gasteiger partial charge is 0.394 e. The van der Waals surface area contributed by atoms with Crippen molar-refractivity contribution in [3.63, 3.8) is 0 Å². The van der Waals surface area contributed by atoms with Crippen LogP contribution in [0.3, 0.4) is 0 Å². The van der Waals surface area contributed by atoms with Gasteiger partial charge in [-0.3, -0.25) is 9.11 Å². The van der Waals surface area contributed by atoms with Crippen molar-refractivity contribution in [2.75, 3.05) is 13.2 Å². The van der Waals surface area contributed by atoms with Crippen LogP contribution in [0.5, 0.6) is 11.5 Å². The molecule has 0 aliphatic carbocycles. The molecule has 1 fully saturated rings. The maximum Gasteiger partial charge on any atom is 0.394 e. The lowest BCUT2D eigenvalue weighted by molar-refractivity contribution is 0.381. The summed E-state index contributed by atoms with van der Waals surface area (Å²) >= 11 is 0. The Morgan fingerprint density at radius 3 is 1.26 bits per heavy atom. The van der Waals surface area contributed by atoms with Crippen LogP contribution in [0.25, 0.3) is 0 Å². The summed E-state index contributed by atoms with van der Waals surface area (Å²) in [6.07, 6.45) is 21.1. The van der Waals surface area contributed by atoms with E-state index in [1.807, 2.05) is 0 Å². The zero-order valence-electron chi connectivity index (χ0n) is 24.3. The van der Waals surface area contributed by atoms with Crippen molar-refractivity contribution in [1.82, 2.24) is 0 Å². The van der Waals surface area contributed by atoms with E-state index in [-0.39, 0.29) is 0 Å². The highest BCUT2D eigenvalue weighted by molar-refractivity contribution is 7.79. The van der Waals surface area contributed by atoms with Crippen LogP contribution < -0.4 is 4.74 Å². The highest BCUT2D eigenvalue weighted by atomic mass is 32.3. The number of aryl methyl sites for hydroxylation is 2. The normalized spacial score (nSPS) is 12.1. The zero-order valence-corrected chi connectivity index (χ0v) is 25.1. The number of para-hydroxylation sites is 2. The maximum atomic E-state index is 8.74. The number of unbranched alkanes of at least 4 members (excludes halogenated alkanes) is 12. The van der Waals surface area contributed by atoms with Crippen molar-refractivity contribution in [2.24, 2.45) is 0 Å². The molecule has 0 spiro atoms. The molecule has 0 saturated carbocycles. The van der Waals surface area contributed by atoms with Crippen LogP contribution in [0.4, 0.5) is 0 Å². The monoisotopic (exact) mass is 564 g/mol. The molecule has 6 nitrogen and oxygen atoms in total. The Bertz CT molecular complexity index is 888. The average molecular weight is 565 g/mol. The van der Waals surface area contributed by atoms with Crippen molar-refractivity contribution in [1.29, 1.82) is 0 Å². The van der Waals surface area contributed by atoms with Gasteiger partial charge in [0.2, 0.25) is 0 Å². The van der Waals surface area contributed by atoms with E-state index in [1.165, 1.54) is 101 Å². The molecule has 3 rings (SSSR count). The molecule has 0 unspecified atom stereocenters. The van der Waals surface area contributed by atoms with E-state index in [0.717, 1.165) is 37.6 Å². The second-order valence-electron chi connectivity index (χ2n) is 10.1. The van der Waals surface area contributed by atoms with Gasteiger partial charge in [0.05, 0.1) is 13.2 Å². The first-order valence-electron chi connectivity index (χ1n) is 15.0. The summed E-state index contributed by atoms with van der Waals surface area (Å²) in [5.74, 6) is 2.08. The maximum absolute atomic E-state index is 8.74. The Balaban J connectivity index is 0.000000819. The van der Waals surface area contributed by atoms with E-state index in [4.69, 9.17) is 22.3 Å². The van der Waals surface area contributed by atoms with E-state index < -0.39 is 10.4 Å². The molecule has 0 aromatic heterocycles. The number of epoxide rings is 1. The minimum Gasteiger partial charge on any atom is -0.457 e. The Morgan fingerprint density at radius 2 is 0.923 bits per heavy atom. The van der Waals surface area contributed by atoms with E-state index in [9.17, 15) is 0 Å². The van der Waals surface area contributed by atoms with Gasteiger partial charge in [-0.25, -0.2) is 0 Å². The molecule has 0 bridgehead atoms. The lowest BCUT2D eigenvalue weighted by atomic mass is 10.0. The van der Waals surface area contributed by atoms with Gasteiger partial charge in [-0.05, 0) is 48.9 Å². The topological polar surface area (TPSA) is 96.4 Å². The third-order valence-corrected chi connectivity index (χ3v) is 6.47. The quantitative estimate of drug-likeness (QED) is 0.106. The van der Waals surface area contributed by atoms with Gasteiger partial charge in [-0.15, -0.1) is 0 Å². The van der Waals surface area contributed by atoms with Gasteiger partial charge >= 0.3 is 10.4 Å². The van der Waals surface area contributed by atoms with Gasteiger partial charge in [-0.2, -0.15) is 8.42 Å². The highest BCUT2D eigenvalue weighted by Gasteiger charge is 2.08. The first-order chi connectivity index (χ1) is 18.8. The zero-order chi connectivity index (χ0) is 28.6. The van der Waals surface area contributed by atoms with Crippen molar-refractivity contribution >= 4 is 10.4 Å². The fourth-order valence-corrected chi connectivity index (χ4v) is 4.28. The third kappa shape index (κ3) is 22.6. The van der Waals surface area contributed by atoms with Crippen LogP contribution in [0.1, 0.15) is 115 Å². The molecule has 0 radical (unpaired) electrons. The van der Waals surface area contributed by atoms with Crippen LogP contribution in [0.15, 0.2) is 48.5 Å². The molecule has 1 aliphatic heterocycles. The lowest BCUT2D eigenvalue weighted by Crippen LogP contribution is -1.96. The number of benzene rings is 2. The van der Waals surface area contributed by atoms with Crippen molar-refractivity contribution < 1.29 is 27.0 Å². The number of hydrogen-bond acceptors (Lipinski definition) is 4. The summed E-state index contributed by atoms with van der Waals surface area (Å²) in [6.45, 7) is 6.56. The molecule has 2 N–H and O–H groups in total. The van der Waals surface area contributed by atoms with E-state index in [0.29, 0.717) is 0 Å². The highest BCUT2D eigenvalue weighted by Crippen LogP contribution is 2.30. The van der Waals surface area contributed by atoms with Crippen LogP contribution in [0.2, 0.25) is 0 Å². The number of hydrogen-bond donors (Lipinski definition) is 2. The summed E-state index contributed by atoms with van der Waals surface area (Å²) in [6, 6.07) is 17.3. The fraction of sp³-hybridized carbons (Fsp3) is 0.625. The number of rotatable bonds is 18.